The van der Waals surface area contributed by atoms with Crippen LogP contribution in [0.4, 0.5) is 16.2 Å². The minimum atomic E-state index is -0.715. The van der Waals surface area contributed by atoms with Gasteiger partial charge in [-0.25, -0.2) is 9.59 Å². The second-order valence-corrected chi connectivity index (χ2v) is 7.82. The Kier molecular flexibility index (Phi) is 8.32. The number of nitro groups is 1. The minimum absolute atomic E-state index is 0.0967. The first-order chi connectivity index (χ1) is 15.5. The number of esters is 1. The van der Waals surface area contributed by atoms with Crippen LogP contribution in [-0.2, 0) is 20.8 Å². The van der Waals surface area contributed by atoms with Gasteiger partial charge in [-0.2, -0.15) is 0 Å². The summed E-state index contributed by atoms with van der Waals surface area (Å²) in [5.41, 5.74) is 0.359. The number of ether oxygens (including phenoxy) is 3. The van der Waals surface area contributed by atoms with Crippen LogP contribution in [0.15, 0.2) is 42.5 Å². The van der Waals surface area contributed by atoms with E-state index in [0.29, 0.717) is 0 Å². The van der Waals surface area contributed by atoms with E-state index in [1.807, 2.05) is 0 Å². The fourth-order valence-corrected chi connectivity index (χ4v) is 2.54. The SMILES string of the molecule is COc1cc([N+](=O)[O-])ccc1NC(=O)COC(=O)c1ccc(CNC(=O)OC(C)(C)C)cc1. The largest absolute Gasteiger partial charge is 0.494 e. The molecule has 2 rings (SSSR count). The van der Waals surface area contributed by atoms with Crippen LogP contribution in [0.2, 0.25) is 0 Å². The number of carbonyl (C=O) groups excluding carboxylic acids is 3. The number of nitrogens with one attached hydrogen (secondary N) is 2. The van der Waals surface area contributed by atoms with E-state index in [1.54, 1.807) is 32.9 Å². The lowest BCUT2D eigenvalue weighted by Crippen LogP contribution is -2.32. The summed E-state index contributed by atoms with van der Waals surface area (Å²) < 4.78 is 15.2. The average Bonchev–Trinajstić information content (AvgIpc) is 2.75. The summed E-state index contributed by atoms with van der Waals surface area (Å²) in [6.45, 7) is 4.92. The zero-order chi connectivity index (χ0) is 24.6. The maximum Gasteiger partial charge on any atom is 0.407 e. The third kappa shape index (κ3) is 8.13. The Labute approximate surface area is 190 Å². The van der Waals surface area contributed by atoms with Crippen molar-refractivity contribution in [2.45, 2.75) is 32.9 Å². The van der Waals surface area contributed by atoms with Crippen molar-refractivity contribution in [1.29, 1.82) is 0 Å². The normalized spacial score (nSPS) is 10.7. The third-order valence-electron chi connectivity index (χ3n) is 4.03. The van der Waals surface area contributed by atoms with E-state index < -0.39 is 35.1 Å². The summed E-state index contributed by atoms with van der Waals surface area (Å²) in [5, 5.41) is 15.9. The van der Waals surface area contributed by atoms with E-state index in [-0.39, 0.29) is 29.2 Å². The molecule has 0 radical (unpaired) electrons. The van der Waals surface area contributed by atoms with Crippen LogP contribution in [-0.4, -0.2) is 42.2 Å². The monoisotopic (exact) mass is 459 g/mol. The van der Waals surface area contributed by atoms with Crippen molar-refractivity contribution in [3.8, 4) is 5.75 Å². The number of non-ortho nitro benzene ring substituents is 1. The van der Waals surface area contributed by atoms with Gasteiger partial charge >= 0.3 is 12.1 Å². The summed E-state index contributed by atoms with van der Waals surface area (Å²) >= 11 is 0. The number of rotatable bonds is 8. The molecule has 0 aromatic heterocycles. The van der Waals surface area contributed by atoms with E-state index in [4.69, 9.17) is 14.2 Å². The Morgan fingerprint density at radius 1 is 1.06 bits per heavy atom. The van der Waals surface area contributed by atoms with Gasteiger partial charge in [0.1, 0.15) is 11.4 Å². The van der Waals surface area contributed by atoms with Crippen LogP contribution in [0.3, 0.4) is 0 Å². The Hall–Kier alpha value is -4.15. The number of amides is 2. The lowest BCUT2D eigenvalue weighted by molar-refractivity contribution is -0.384. The number of methoxy groups -OCH3 is 1. The lowest BCUT2D eigenvalue weighted by Gasteiger charge is -2.19. The Balaban J connectivity index is 1.86. The number of hydrogen-bond donors (Lipinski definition) is 2. The quantitative estimate of drug-likeness (QED) is 0.347. The van der Waals surface area contributed by atoms with Gasteiger partial charge in [0.15, 0.2) is 6.61 Å². The van der Waals surface area contributed by atoms with Crippen LogP contribution in [0.5, 0.6) is 5.75 Å². The van der Waals surface area contributed by atoms with Gasteiger partial charge in [0.2, 0.25) is 0 Å². The van der Waals surface area contributed by atoms with E-state index in [1.165, 1.54) is 37.4 Å². The second-order valence-electron chi connectivity index (χ2n) is 7.82. The molecule has 0 heterocycles. The molecule has 0 bridgehead atoms. The zero-order valence-corrected chi connectivity index (χ0v) is 18.7. The molecule has 2 aromatic rings. The molecule has 11 nitrogen and oxygen atoms in total. The molecule has 0 saturated heterocycles. The number of hydrogen-bond acceptors (Lipinski definition) is 8. The van der Waals surface area contributed by atoms with Gasteiger partial charge in [-0.1, -0.05) is 12.1 Å². The van der Waals surface area contributed by atoms with E-state index in [2.05, 4.69) is 10.6 Å². The van der Waals surface area contributed by atoms with Crippen LogP contribution >= 0.6 is 0 Å². The number of carbonyl (C=O) groups is 3. The molecule has 0 unspecified atom stereocenters. The second kappa shape index (κ2) is 10.9. The van der Waals surface area contributed by atoms with Gasteiger partial charge in [0.05, 0.1) is 29.4 Å². The van der Waals surface area contributed by atoms with Crippen LogP contribution < -0.4 is 15.4 Å². The molecule has 0 aliphatic heterocycles. The highest BCUT2D eigenvalue weighted by molar-refractivity contribution is 5.96. The number of benzene rings is 2. The van der Waals surface area contributed by atoms with Gasteiger partial charge in [-0.05, 0) is 44.5 Å². The Bertz CT molecular complexity index is 1030. The summed E-state index contributed by atoms with van der Waals surface area (Å²) in [4.78, 5) is 46.2. The maximum absolute atomic E-state index is 12.2. The van der Waals surface area contributed by atoms with Crippen molar-refractivity contribution in [2.75, 3.05) is 19.0 Å². The van der Waals surface area contributed by atoms with Gasteiger partial charge in [0, 0.05) is 12.6 Å². The zero-order valence-electron chi connectivity index (χ0n) is 18.7. The summed E-state index contributed by atoms with van der Waals surface area (Å²) in [6.07, 6.45) is -0.554. The first-order valence-electron chi connectivity index (χ1n) is 9.83. The minimum Gasteiger partial charge on any atom is -0.494 e. The molecule has 0 spiro atoms. The fraction of sp³-hybridized carbons (Fsp3) is 0.318. The van der Waals surface area contributed by atoms with Crippen molar-refractivity contribution in [1.82, 2.24) is 5.32 Å². The standard InChI is InChI=1S/C22H25N3O8/c1-22(2,3)33-21(28)23-12-14-5-7-15(8-6-14)20(27)32-13-19(26)24-17-10-9-16(25(29)30)11-18(17)31-4/h5-11H,12-13H2,1-4H3,(H,23,28)(H,24,26). The fourth-order valence-electron chi connectivity index (χ4n) is 2.54. The van der Waals surface area contributed by atoms with Crippen molar-refractivity contribution in [3.05, 3.63) is 63.7 Å². The molecular formula is C22H25N3O8. The average molecular weight is 459 g/mol. The molecule has 0 saturated carbocycles. The third-order valence-corrected chi connectivity index (χ3v) is 4.03. The first-order valence-corrected chi connectivity index (χ1v) is 9.83. The van der Waals surface area contributed by atoms with Crippen molar-refractivity contribution >= 4 is 29.3 Å². The molecule has 0 aliphatic carbocycles. The highest BCUT2D eigenvalue weighted by atomic mass is 16.6. The van der Waals surface area contributed by atoms with Gasteiger partial charge in [-0.3, -0.25) is 14.9 Å². The Morgan fingerprint density at radius 2 is 1.73 bits per heavy atom. The summed E-state index contributed by atoms with van der Waals surface area (Å²) in [5.74, 6) is -1.26. The lowest BCUT2D eigenvalue weighted by atomic mass is 10.1. The van der Waals surface area contributed by atoms with E-state index in [0.717, 1.165) is 5.56 Å². The maximum atomic E-state index is 12.2. The van der Waals surface area contributed by atoms with Crippen molar-refractivity contribution in [2.24, 2.45) is 0 Å². The van der Waals surface area contributed by atoms with Crippen LogP contribution in [0.1, 0.15) is 36.7 Å². The molecule has 176 valence electrons. The predicted molar refractivity (Wildman–Crippen MR) is 118 cm³/mol. The highest BCUT2D eigenvalue weighted by Crippen LogP contribution is 2.28. The number of anilines is 1. The Morgan fingerprint density at radius 3 is 2.30 bits per heavy atom. The van der Waals surface area contributed by atoms with E-state index >= 15 is 0 Å². The topological polar surface area (TPSA) is 146 Å². The molecule has 33 heavy (non-hydrogen) atoms. The first kappa shape index (κ1) is 25.1. The van der Waals surface area contributed by atoms with Crippen LogP contribution in [0.25, 0.3) is 0 Å². The molecule has 0 atom stereocenters. The van der Waals surface area contributed by atoms with Crippen LogP contribution in [0, 0.1) is 10.1 Å². The number of nitro benzene ring substituents is 1. The number of nitrogens with zero attached hydrogens (tertiary/aromatic N) is 1. The molecule has 11 heteroatoms. The van der Waals surface area contributed by atoms with Gasteiger partial charge in [0.25, 0.3) is 11.6 Å². The molecule has 0 fully saturated rings. The van der Waals surface area contributed by atoms with Gasteiger partial charge in [-0.15, -0.1) is 0 Å². The molecule has 2 aromatic carbocycles. The van der Waals surface area contributed by atoms with Gasteiger partial charge < -0.3 is 24.8 Å². The molecule has 2 amide bonds. The molecule has 0 aliphatic rings. The summed E-state index contributed by atoms with van der Waals surface area (Å²) in [6, 6.07) is 9.98. The van der Waals surface area contributed by atoms with E-state index in [9.17, 15) is 24.5 Å². The highest BCUT2D eigenvalue weighted by Gasteiger charge is 2.17. The van der Waals surface area contributed by atoms with Crippen molar-refractivity contribution < 1.29 is 33.5 Å². The van der Waals surface area contributed by atoms with Crippen molar-refractivity contribution in [3.63, 3.8) is 0 Å². The number of alkyl carbamates (subject to hydrolysis) is 1. The smallest absolute Gasteiger partial charge is 0.407 e. The molecular weight excluding hydrogens is 434 g/mol. The predicted octanol–water partition coefficient (Wildman–Crippen LogP) is 3.42. The molecule has 2 N–H and O–H groups in total. The summed E-state index contributed by atoms with van der Waals surface area (Å²) in [7, 11) is 1.31.